The molecular weight excluding hydrogens is 446 g/mol. The Kier molecular flexibility index (Phi) is 9.16. The van der Waals surface area contributed by atoms with Gasteiger partial charge in [-0.25, -0.2) is 18.7 Å². The van der Waals surface area contributed by atoms with Crippen molar-refractivity contribution in [2.24, 2.45) is 0 Å². The summed E-state index contributed by atoms with van der Waals surface area (Å²) >= 11 is 0. The number of benzene rings is 1. The third-order valence-electron chi connectivity index (χ3n) is 6.95. The van der Waals surface area contributed by atoms with Crippen molar-refractivity contribution in [2.45, 2.75) is 83.3 Å². The molecule has 1 aliphatic heterocycles. The summed E-state index contributed by atoms with van der Waals surface area (Å²) in [6.45, 7) is 4.96. The van der Waals surface area contributed by atoms with Crippen molar-refractivity contribution < 1.29 is 18.3 Å². The lowest BCUT2D eigenvalue weighted by Crippen LogP contribution is -2.18. The number of allylic oxidation sites excluding steroid dienone is 2. The Labute approximate surface area is 207 Å². The molecule has 0 saturated carbocycles. The molecule has 0 amide bonds. The van der Waals surface area contributed by atoms with Crippen LogP contribution in [0.1, 0.15) is 93.3 Å². The highest BCUT2D eigenvalue weighted by Gasteiger charge is 2.28. The molecule has 1 aromatic carbocycles. The van der Waals surface area contributed by atoms with Gasteiger partial charge in [0.05, 0.1) is 18.3 Å². The van der Waals surface area contributed by atoms with E-state index in [0.717, 1.165) is 31.2 Å². The van der Waals surface area contributed by atoms with Crippen LogP contribution < -0.4 is 0 Å². The maximum Gasteiger partial charge on any atom is 0.168 e. The molecule has 4 rings (SSSR count). The van der Waals surface area contributed by atoms with Gasteiger partial charge in [-0.2, -0.15) is 0 Å². The second-order valence-electron chi connectivity index (χ2n) is 9.45. The second-order valence-corrected chi connectivity index (χ2v) is 9.45. The zero-order valence-corrected chi connectivity index (χ0v) is 20.8. The van der Waals surface area contributed by atoms with Crippen molar-refractivity contribution in [1.82, 2.24) is 9.97 Å². The molecule has 6 heteroatoms. The van der Waals surface area contributed by atoms with Crippen LogP contribution in [0.4, 0.5) is 8.78 Å². The molecular formula is C29H36F2N2O2. The van der Waals surface area contributed by atoms with Crippen molar-refractivity contribution in [2.75, 3.05) is 13.2 Å². The van der Waals surface area contributed by atoms with Crippen molar-refractivity contribution in [1.29, 1.82) is 0 Å². The number of unbranched alkanes of at least 4 members (excludes halogenated alkanes) is 2. The minimum Gasteiger partial charge on any atom is -0.373 e. The van der Waals surface area contributed by atoms with Gasteiger partial charge in [0, 0.05) is 30.5 Å². The van der Waals surface area contributed by atoms with Gasteiger partial charge in [-0.3, -0.25) is 0 Å². The molecule has 0 radical (unpaired) electrons. The monoisotopic (exact) mass is 482 g/mol. The SMILES string of the molecule is CCCCCc1ccc(C2CCCC(c3cnc(C4=CCC(OCC)C(F)=C4F)nc3)OC2)cc1. The highest BCUT2D eigenvalue weighted by atomic mass is 19.2. The van der Waals surface area contributed by atoms with Crippen LogP contribution in [0.5, 0.6) is 0 Å². The van der Waals surface area contributed by atoms with Gasteiger partial charge in [0.25, 0.3) is 0 Å². The Morgan fingerprint density at radius 2 is 1.77 bits per heavy atom. The van der Waals surface area contributed by atoms with Gasteiger partial charge in [0.1, 0.15) is 6.10 Å². The number of hydrogen-bond acceptors (Lipinski definition) is 4. The first-order valence-corrected chi connectivity index (χ1v) is 13.0. The molecule has 3 atom stereocenters. The highest BCUT2D eigenvalue weighted by Crippen LogP contribution is 2.36. The molecule has 0 bridgehead atoms. The molecule has 3 unspecified atom stereocenters. The molecule has 2 heterocycles. The summed E-state index contributed by atoms with van der Waals surface area (Å²) in [5, 5.41) is 0. The summed E-state index contributed by atoms with van der Waals surface area (Å²) in [7, 11) is 0. The van der Waals surface area contributed by atoms with Crippen molar-refractivity contribution in [3.8, 4) is 0 Å². The molecule has 4 nitrogen and oxygen atoms in total. The van der Waals surface area contributed by atoms with Gasteiger partial charge in [0.2, 0.25) is 0 Å². The van der Waals surface area contributed by atoms with E-state index in [0.29, 0.717) is 19.1 Å². The summed E-state index contributed by atoms with van der Waals surface area (Å²) in [6.07, 6.45) is 12.2. The van der Waals surface area contributed by atoms with Crippen LogP contribution in [0, 0.1) is 0 Å². The van der Waals surface area contributed by atoms with E-state index in [9.17, 15) is 8.78 Å². The predicted octanol–water partition coefficient (Wildman–Crippen LogP) is 7.58. The largest absolute Gasteiger partial charge is 0.373 e. The van der Waals surface area contributed by atoms with Crippen LogP contribution in [-0.2, 0) is 15.9 Å². The number of aryl methyl sites for hydroxylation is 1. The average molecular weight is 483 g/mol. The lowest BCUT2D eigenvalue weighted by atomic mass is 9.93. The van der Waals surface area contributed by atoms with E-state index >= 15 is 0 Å². The van der Waals surface area contributed by atoms with Crippen LogP contribution in [0.25, 0.3) is 5.57 Å². The van der Waals surface area contributed by atoms with Crippen LogP contribution in [0.15, 0.2) is 54.4 Å². The first kappa shape index (κ1) is 25.6. The van der Waals surface area contributed by atoms with Gasteiger partial charge in [0.15, 0.2) is 17.5 Å². The number of nitrogens with zero attached hydrogens (tertiary/aromatic N) is 2. The molecule has 1 fully saturated rings. The lowest BCUT2D eigenvalue weighted by Gasteiger charge is -2.20. The van der Waals surface area contributed by atoms with E-state index < -0.39 is 17.8 Å². The third kappa shape index (κ3) is 6.42. The molecule has 0 N–H and O–H groups in total. The maximum atomic E-state index is 14.6. The number of halogens is 2. The third-order valence-corrected chi connectivity index (χ3v) is 6.95. The van der Waals surface area contributed by atoms with Crippen molar-refractivity contribution in [3.63, 3.8) is 0 Å². The molecule has 1 aromatic heterocycles. The molecule has 188 valence electrons. The Hall–Kier alpha value is -2.44. The molecule has 35 heavy (non-hydrogen) atoms. The Morgan fingerprint density at radius 3 is 2.49 bits per heavy atom. The Morgan fingerprint density at radius 1 is 1.00 bits per heavy atom. The average Bonchev–Trinajstić information content (AvgIpc) is 3.14. The van der Waals surface area contributed by atoms with Crippen LogP contribution in [-0.4, -0.2) is 29.3 Å². The normalized spacial score (nSPS) is 23.2. The van der Waals surface area contributed by atoms with Gasteiger partial charge in [-0.1, -0.05) is 50.1 Å². The maximum absolute atomic E-state index is 14.6. The van der Waals surface area contributed by atoms with Gasteiger partial charge in [-0.05, 0) is 56.6 Å². The number of ether oxygens (including phenoxy) is 2. The second kappa shape index (κ2) is 12.5. The summed E-state index contributed by atoms with van der Waals surface area (Å²) in [6, 6.07) is 9.02. The highest BCUT2D eigenvalue weighted by molar-refractivity contribution is 5.74. The Bertz CT molecular complexity index is 1020. The Balaban J connectivity index is 1.36. The quantitative estimate of drug-likeness (QED) is 0.346. The molecule has 2 aliphatic rings. The fourth-order valence-electron chi connectivity index (χ4n) is 4.87. The minimum absolute atomic E-state index is 0.0880. The minimum atomic E-state index is -0.938. The van der Waals surface area contributed by atoms with Crippen molar-refractivity contribution >= 4 is 5.57 Å². The molecule has 2 aromatic rings. The van der Waals surface area contributed by atoms with Crippen LogP contribution in [0.3, 0.4) is 0 Å². The van der Waals surface area contributed by atoms with Gasteiger partial charge >= 0.3 is 0 Å². The summed E-state index contributed by atoms with van der Waals surface area (Å²) in [5.74, 6) is -1.27. The fourth-order valence-corrected chi connectivity index (χ4v) is 4.87. The van der Waals surface area contributed by atoms with Crippen LogP contribution >= 0.6 is 0 Å². The van der Waals surface area contributed by atoms with E-state index in [-0.39, 0.29) is 23.9 Å². The first-order valence-electron chi connectivity index (χ1n) is 13.0. The predicted molar refractivity (Wildman–Crippen MR) is 134 cm³/mol. The van der Waals surface area contributed by atoms with E-state index in [1.54, 1.807) is 25.4 Å². The van der Waals surface area contributed by atoms with E-state index in [4.69, 9.17) is 9.47 Å². The van der Waals surface area contributed by atoms with E-state index in [1.807, 2.05) is 0 Å². The number of aromatic nitrogens is 2. The van der Waals surface area contributed by atoms with Crippen molar-refractivity contribution in [3.05, 3.63) is 76.9 Å². The zero-order valence-electron chi connectivity index (χ0n) is 20.8. The molecule has 1 aliphatic carbocycles. The number of rotatable bonds is 9. The van der Waals surface area contributed by atoms with E-state index in [1.165, 1.54) is 30.4 Å². The molecule has 1 saturated heterocycles. The lowest BCUT2D eigenvalue weighted by molar-refractivity contribution is 0.0510. The zero-order chi connectivity index (χ0) is 24.6. The van der Waals surface area contributed by atoms with E-state index in [2.05, 4.69) is 41.2 Å². The van der Waals surface area contributed by atoms with Gasteiger partial charge in [-0.15, -0.1) is 0 Å². The van der Waals surface area contributed by atoms with Crippen LogP contribution in [0.2, 0.25) is 0 Å². The first-order chi connectivity index (χ1) is 17.1. The van der Waals surface area contributed by atoms with Gasteiger partial charge < -0.3 is 9.47 Å². The number of hydrogen-bond donors (Lipinski definition) is 0. The fraction of sp³-hybridized carbons (Fsp3) is 0.517. The smallest absolute Gasteiger partial charge is 0.168 e. The summed E-state index contributed by atoms with van der Waals surface area (Å²) in [5.41, 5.74) is 3.69. The summed E-state index contributed by atoms with van der Waals surface area (Å²) in [4.78, 5) is 8.68. The standard InChI is InChI=1S/C29H36F2N2O2/c1-3-5-6-8-20-11-13-21(14-12-20)22-9-7-10-25(35-19-22)23-17-32-29(33-18-23)24-15-16-26(34-4-2)28(31)27(24)30/h11-15,17-18,22,25-26H,3-10,16,19H2,1-2H3. The molecule has 0 spiro atoms. The topological polar surface area (TPSA) is 44.2 Å². The summed E-state index contributed by atoms with van der Waals surface area (Å²) < 4.78 is 40.4.